The van der Waals surface area contributed by atoms with Crippen LogP contribution in [0.1, 0.15) is 31.4 Å². The Morgan fingerprint density at radius 3 is 2.38 bits per heavy atom. The van der Waals surface area contributed by atoms with Crippen LogP contribution in [0.2, 0.25) is 4.34 Å². The second-order valence-corrected chi connectivity index (χ2v) is 4.93. The van der Waals surface area contributed by atoms with E-state index in [0.29, 0.717) is 22.9 Å². The number of halogens is 1. The minimum absolute atomic E-state index is 0.146. The summed E-state index contributed by atoms with van der Waals surface area (Å²) in [5.74, 6) is -0.293. The molecular weight excluding hydrogens is 250 g/mol. The summed E-state index contributed by atoms with van der Waals surface area (Å²) >= 11 is 6.90. The molecule has 16 heavy (non-hydrogen) atoms. The number of hydrogen-bond donors (Lipinski definition) is 0. The van der Waals surface area contributed by atoms with Gasteiger partial charge in [0.2, 0.25) is 11.8 Å². The van der Waals surface area contributed by atoms with Crippen molar-refractivity contribution in [2.75, 3.05) is 0 Å². The van der Waals surface area contributed by atoms with Crippen molar-refractivity contribution in [1.82, 2.24) is 14.5 Å². The third-order valence-corrected chi connectivity index (χ3v) is 3.44. The number of hydrogen-bond acceptors (Lipinski definition) is 5. The van der Waals surface area contributed by atoms with Crippen LogP contribution in [0, 0.1) is 0 Å². The largest absolute Gasteiger partial charge is 0.276 e. The fraction of sp³-hybridized carbons (Fsp3) is 0.556. The molecule has 7 heteroatoms. The maximum Gasteiger partial charge on any atom is 0.229 e. The first-order valence-corrected chi connectivity index (χ1v) is 6.13. The molecule has 2 heterocycles. The minimum atomic E-state index is -0.147. The zero-order chi connectivity index (χ0) is 11.5. The summed E-state index contributed by atoms with van der Waals surface area (Å²) in [6.45, 7) is 0.146. The Morgan fingerprint density at radius 2 is 1.88 bits per heavy atom. The van der Waals surface area contributed by atoms with Gasteiger partial charge >= 0.3 is 0 Å². The van der Waals surface area contributed by atoms with E-state index < -0.39 is 0 Å². The van der Waals surface area contributed by atoms with Crippen molar-refractivity contribution in [1.29, 1.82) is 0 Å². The van der Waals surface area contributed by atoms with Crippen molar-refractivity contribution in [3.63, 3.8) is 0 Å². The highest BCUT2D eigenvalue weighted by Crippen LogP contribution is 2.21. The van der Waals surface area contributed by atoms with Gasteiger partial charge in [-0.25, -0.2) is 0 Å². The monoisotopic (exact) mass is 259 g/mol. The zero-order valence-corrected chi connectivity index (χ0v) is 10.1. The molecule has 0 radical (unpaired) electrons. The van der Waals surface area contributed by atoms with E-state index in [1.54, 1.807) is 0 Å². The average molecular weight is 260 g/mol. The van der Waals surface area contributed by atoms with E-state index in [0.717, 1.165) is 24.4 Å². The maximum absolute atomic E-state index is 11.7. The lowest BCUT2D eigenvalue weighted by atomic mass is 10.2. The molecule has 1 aromatic heterocycles. The number of nitrogens with zero attached hydrogens (tertiary/aromatic N) is 3. The van der Waals surface area contributed by atoms with Gasteiger partial charge in [-0.3, -0.25) is 14.5 Å². The third-order valence-electron chi connectivity index (χ3n) is 2.45. The quantitative estimate of drug-likeness (QED) is 0.757. The third kappa shape index (κ3) is 2.38. The van der Waals surface area contributed by atoms with Crippen LogP contribution in [0.3, 0.4) is 0 Å². The van der Waals surface area contributed by atoms with E-state index in [-0.39, 0.29) is 18.4 Å². The van der Waals surface area contributed by atoms with Crippen LogP contribution in [0.15, 0.2) is 0 Å². The molecule has 5 nitrogen and oxygen atoms in total. The van der Waals surface area contributed by atoms with Gasteiger partial charge in [-0.1, -0.05) is 16.1 Å². The van der Waals surface area contributed by atoms with E-state index in [2.05, 4.69) is 9.59 Å². The first-order valence-electron chi connectivity index (χ1n) is 4.98. The van der Waals surface area contributed by atoms with Crippen LogP contribution in [-0.4, -0.2) is 26.3 Å². The van der Waals surface area contributed by atoms with Gasteiger partial charge in [0.1, 0.15) is 10.0 Å². The molecular formula is C9H10ClN3O2S. The molecule has 1 aliphatic rings. The molecule has 1 aliphatic heterocycles. The molecule has 2 amide bonds. The predicted molar refractivity (Wildman–Crippen MR) is 58.9 cm³/mol. The van der Waals surface area contributed by atoms with Gasteiger partial charge in [-0.15, -0.1) is 5.10 Å². The number of imide groups is 1. The van der Waals surface area contributed by atoms with E-state index in [4.69, 9.17) is 11.6 Å². The van der Waals surface area contributed by atoms with Gasteiger partial charge in [0.15, 0.2) is 0 Å². The van der Waals surface area contributed by atoms with Gasteiger partial charge in [0.05, 0.1) is 6.54 Å². The summed E-state index contributed by atoms with van der Waals surface area (Å²) in [6.07, 6.45) is 2.37. The van der Waals surface area contributed by atoms with Crippen molar-refractivity contribution in [3.8, 4) is 0 Å². The predicted octanol–water partition coefficient (Wildman–Crippen LogP) is 1.62. The molecule has 0 saturated carbocycles. The summed E-state index contributed by atoms with van der Waals surface area (Å²) < 4.78 is 4.11. The molecule has 2 rings (SSSR count). The first-order chi connectivity index (χ1) is 7.68. The second kappa shape index (κ2) is 4.88. The Hall–Kier alpha value is -1.01. The molecule has 0 atom stereocenters. The van der Waals surface area contributed by atoms with Crippen molar-refractivity contribution in [3.05, 3.63) is 10.0 Å². The molecule has 0 N–H and O–H groups in total. The average Bonchev–Trinajstić information content (AvgIpc) is 2.59. The smallest absolute Gasteiger partial charge is 0.229 e. The molecule has 86 valence electrons. The number of carbonyl (C=O) groups excluding carboxylic acids is 2. The van der Waals surface area contributed by atoms with Crippen molar-refractivity contribution < 1.29 is 9.59 Å². The summed E-state index contributed by atoms with van der Waals surface area (Å²) in [4.78, 5) is 24.6. The van der Waals surface area contributed by atoms with E-state index in [1.807, 2.05) is 0 Å². The van der Waals surface area contributed by atoms with Gasteiger partial charge in [0.25, 0.3) is 0 Å². The van der Waals surface area contributed by atoms with Gasteiger partial charge in [0, 0.05) is 24.4 Å². The van der Waals surface area contributed by atoms with E-state index >= 15 is 0 Å². The molecule has 1 saturated heterocycles. The summed E-state index contributed by atoms with van der Waals surface area (Å²) in [5, 5.41) is 3.80. The Bertz CT molecular complexity index is 403. The van der Waals surface area contributed by atoms with Gasteiger partial charge < -0.3 is 0 Å². The number of carbonyl (C=O) groups is 2. The van der Waals surface area contributed by atoms with Gasteiger partial charge in [-0.05, 0) is 12.8 Å². The molecule has 0 bridgehead atoms. The molecule has 0 aliphatic carbocycles. The first kappa shape index (κ1) is 11.5. The Kier molecular flexibility index (Phi) is 3.50. The van der Waals surface area contributed by atoms with Crippen molar-refractivity contribution >= 4 is 34.9 Å². The molecule has 0 aromatic carbocycles. The molecule has 0 unspecified atom stereocenters. The lowest BCUT2D eigenvalue weighted by molar-refractivity contribution is -0.144. The van der Waals surface area contributed by atoms with Crippen molar-refractivity contribution in [2.24, 2.45) is 0 Å². The minimum Gasteiger partial charge on any atom is -0.276 e. The number of aromatic nitrogens is 2. The Morgan fingerprint density at radius 1 is 1.25 bits per heavy atom. The lowest BCUT2D eigenvalue weighted by Gasteiger charge is -2.16. The van der Waals surface area contributed by atoms with Crippen LogP contribution in [-0.2, 0) is 16.1 Å². The number of rotatable bonds is 2. The zero-order valence-electron chi connectivity index (χ0n) is 8.48. The van der Waals surface area contributed by atoms with Crippen LogP contribution < -0.4 is 0 Å². The van der Waals surface area contributed by atoms with E-state index in [9.17, 15) is 9.59 Å². The highest BCUT2D eigenvalue weighted by atomic mass is 35.5. The molecule has 0 spiro atoms. The van der Waals surface area contributed by atoms with Crippen LogP contribution >= 0.6 is 23.1 Å². The van der Waals surface area contributed by atoms with Crippen LogP contribution in [0.5, 0.6) is 0 Å². The van der Waals surface area contributed by atoms with E-state index in [1.165, 1.54) is 4.90 Å². The number of amides is 2. The van der Waals surface area contributed by atoms with Crippen molar-refractivity contribution in [2.45, 2.75) is 32.2 Å². The molecule has 1 aromatic rings. The maximum atomic E-state index is 11.7. The normalized spacial score (nSPS) is 17.7. The summed E-state index contributed by atoms with van der Waals surface area (Å²) in [7, 11) is 0. The Balaban J connectivity index is 2.15. The fourth-order valence-corrected chi connectivity index (χ4v) is 2.19. The summed E-state index contributed by atoms with van der Waals surface area (Å²) in [5.41, 5.74) is 0.496. The number of likely N-dealkylation sites (tertiary alicyclic amines) is 1. The Labute approximate surface area is 102 Å². The van der Waals surface area contributed by atoms with Crippen LogP contribution in [0.4, 0.5) is 0 Å². The lowest BCUT2D eigenvalue weighted by Crippen LogP contribution is -2.34. The van der Waals surface area contributed by atoms with Crippen LogP contribution in [0.25, 0.3) is 0 Å². The standard InChI is InChI=1S/C9H10ClN3O2S/c10-9-6(11-12-16-9)5-13-7(14)3-1-2-4-8(13)15/h1-5H2. The molecule has 1 fully saturated rings. The highest BCUT2D eigenvalue weighted by molar-refractivity contribution is 7.10. The summed E-state index contributed by atoms with van der Waals surface area (Å²) in [6, 6.07) is 0. The van der Waals surface area contributed by atoms with Gasteiger partial charge in [-0.2, -0.15) is 0 Å². The SMILES string of the molecule is O=C1CCCCC(=O)N1Cc1nnsc1Cl. The topological polar surface area (TPSA) is 63.2 Å². The highest BCUT2D eigenvalue weighted by Gasteiger charge is 2.25. The fourth-order valence-electron chi connectivity index (χ4n) is 1.58. The second-order valence-electron chi connectivity index (χ2n) is 3.57.